The first kappa shape index (κ1) is 27.9. The van der Waals surface area contributed by atoms with Crippen molar-refractivity contribution in [3.8, 4) is 11.5 Å². The zero-order chi connectivity index (χ0) is 27.9. The van der Waals surface area contributed by atoms with E-state index in [4.69, 9.17) is 9.47 Å². The van der Waals surface area contributed by atoms with Crippen LogP contribution in [-0.4, -0.2) is 11.9 Å². The topological polar surface area (TPSA) is 52.6 Å². The molecular weight excluding hydrogens is 493 g/mol. The third-order valence-corrected chi connectivity index (χ3v) is 5.20. The van der Waals surface area contributed by atoms with Crippen molar-refractivity contribution >= 4 is 36.2 Å². The molecule has 194 valence electrons. The number of benzene rings is 3. The molecular formula is C31H25F3O4. The summed E-state index contributed by atoms with van der Waals surface area (Å²) in [6.07, 6.45) is 1.41. The number of ether oxygens (including phenoxy) is 2. The maximum atomic E-state index is 13.9. The second kappa shape index (κ2) is 12.1. The van der Waals surface area contributed by atoms with E-state index in [1.165, 1.54) is 32.1 Å². The van der Waals surface area contributed by atoms with Gasteiger partial charge in [0, 0.05) is 16.7 Å². The number of hydrogen-bond donors (Lipinski definition) is 0. The fourth-order valence-corrected chi connectivity index (χ4v) is 3.18. The first-order valence-corrected chi connectivity index (χ1v) is 11.5. The summed E-state index contributed by atoms with van der Waals surface area (Å²) in [4.78, 5) is 23.5. The molecule has 0 aliphatic heterocycles. The first-order valence-electron chi connectivity index (χ1n) is 11.5. The van der Waals surface area contributed by atoms with E-state index >= 15 is 0 Å². The lowest BCUT2D eigenvalue weighted by Gasteiger charge is -2.12. The van der Waals surface area contributed by atoms with Crippen LogP contribution in [0, 0.1) is 0 Å². The van der Waals surface area contributed by atoms with Gasteiger partial charge in [0.25, 0.3) is 0 Å². The third kappa shape index (κ3) is 7.67. The molecule has 4 nitrogen and oxygen atoms in total. The molecule has 0 heterocycles. The largest absolute Gasteiger partial charge is 0.423 e. The van der Waals surface area contributed by atoms with Crippen LogP contribution in [0.15, 0.2) is 91.0 Å². The Labute approximate surface area is 219 Å². The highest BCUT2D eigenvalue weighted by Gasteiger charge is 2.32. The smallest absolute Gasteiger partial charge is 0.417 e. The van der Waals surface area contributed by atoms with E-state index in [9.17, 15) is 22.8 Å². The number of carbonyl (C=O) groups excluding carboxylic acids is 2. The highest BCUT2D eigenvalue weighted by molar-refractivity contribution is 5.90. The molecule has 0 spiro atoms. The van der Waals surface area contributed by atoms with Gasteiger partial charge in [0.15, 0.2) is 0 Å². The number of hydrogen-bond acceptors (Lipinski definition) is 4. The van der Waals surface area contributed by atoms with Gasteiger partial charge in [-0.1, -0.05) is 79.9 Å². The van der Waals surface area contributed by atoms with Crippen LogP contribution in [-0.2, 0) is 15.8 Å². The van der Waals surface area contributed by atoms with E-state index in [0.29, 0.717) is 22.4 Å². The Hall–Kier alpha value is -4.65. The van der Waals surface area contributed by atoms with Gasteiger partial charge in [0.1, 0.15) is 11.5 Å². The summed E-state index contributed by atoms with van der Waals surface area (Å²) < 4.78 is 52.0. The fraction of sp³-hybridized carbons (Fsp3) is 0.0968. The van der Waals surface area contributed by atoms with Crippen molar-refractivity contribution in [1.82, 2.24) is 0 Å². The van der Waals surface area contributed by atoms with Crippen molar-refractivity contribution in [2.75, 3.05) is 0 Å². The third-order valence-electron chi connectivity index (χ3n) is 5.20. The number of para-hydroxylation sites is 1. The molecule has 0 unspecified atom stereocenters. The highest BCUT2D eigenvalue weighted by Crippen LogP contribution is 2.34. The number of rotatable bonds is 8. The number of alkyl halides is 3. The minimum absolute atomic E-state index is 0.0423. The van der Waals surface area contributed by atoms with Crippen LogP contribution in [0.2, 0.25) is 0 Å². The van der Waals surface area contributed by atoms with Crippen molar-refractivity contribution in [1.29, 1.82) is 0 Å². The summed E-state index contributed by atoms with van der Waals surface area (Å²) in [6.45, 7) is 10.1. The normalized spacial score (nSPS) is 11.5. The fourth-order valence-electron chi connectivity index (χ4n) is 3.18. The van der Waals surface area contributed by atoms with Gasteiger partial charge in [0.05, 0.1) is 5.56 Å². The molecule has 0 fully saturated rings. The monoisotopic (exact) mass is 518 g/mol. The predicted octanol–water partition coefficient (Wildman–Crippen LogP) is 8.01. The molecule has 0 atom stereocenters. The Kier molecular flexibility index (Phi) is 8.86. The van der Waals surface area contributed by atoms with E-state index in [2.05, 4.69) is 13.2 Å². The van der Waals surface area contributed by atoms with E-state index < -0.39 is 23.7 Å². The lowest BCUT2D eigenvalue weighted by Crippen LogP contribution is -2.09. The molecule has 3 aromatic carbocycles. The number of carbonyl (C=O) groups is 2. The van der Waals surface area contributed by atoms with Gasteiger partial charge in [-0.3, -0.25) is 0 Å². The zero-order valence-corrected chi connectivity index (χ0v) is 20.8. The van der Waals surface area contributed by atoms with Crippen molar-refractivity contribution in [2.45, 2.75) is 20.0 Å². The highest BCUT2D eigenvalue weighted by atomic mass is 19.4. The van der Waals surface area contributed by atoms with Crippen LogP contribution < -0.4 is 9.47 Å². The molecule has 0 aliphatic rings. The van der Waals surface area contributed by atoms with Crippen LogP contribution in [0.1, 0.15) is 41.7 Å². The summed E-state index contributed by atoms with van der Waals surface area (Å²) >= 11 is 0. The SMILES string of the molecule is C=C(C)C(=O)Oc1ccc(C=Cc2ccc(C=Cc3ccccc3OC(=O)C(=C)C)c(C(F)(F)F)c2)cc1. The van der Waals surface area contributed by atoms with E-state index in [1.54, 1.807) is 66.7 Å². The lowest BCUT2D eigenvalue weighted by atomic mass is 10.0. The molecule has 0 aromatic heterocycles. The molecule has 38 heavy (non-hydrogen) atoms. The molecule has 3 rings (SSSR count). The van der Waals surface area contributed by atoms with E-state index in [0.717, 1.165) is 6.07 Å². The second-order valence-corrected chi connectivity index (χ2v) is 8.46. The molecule has 3 aromatic rings. The van der Waals surface area contributed by atoms with Gasteiger partial charge in [-0.15, -0.1) is 0 Å². The first-order chi connectivity index (χ1) is 17.9. The Morgan fingerprint density at radius 1 is 0.711 bits per heavy atom. The van der Waals surface area contributed by atoms with Gasteiger partial charge >= 0.3 is 18.1 Å². The Bertz CT molecular complexity index is 1430. The van der Waals surface area contributed by atoms with Crippen LogP contribution in [0.5, 0.6) is 11.5 Å². The van der Waals surface area contributed by atoms with Crippen LogP contribution in [0.3, 0.4) is 0 Å². The summed E-state index contributed by atoms with van der Waals surface area (Å²) in [5.41, 5.74) is 1.11. The molecule has 0 aliphatic carbocycles. The summed E-state index contributed by atoms with van der Waals surface area (Å²) in [5.74, 6) is -0.620. The Morgan fingerprint density at radius 2 is 1.26 bits per heavy atom. The molecule has 0 bridgehead atoms. The molecule has 7 heteroatoms. The molecule has 0 saturated carbocycles. The predicted molar refractivity (Wildman–Crippen MR) is 143 cm³/mol. The molecule has 0 saturated heterocycles. The van der Waals surface area contributed by atoms with E-state index in [-0.39, 0.29) is 22.5 Å². The van der Waals surface area contributed by atoms with Crippen molar-refractivity contribution in [3.05, 3.63) is 119 Å². The zero-order valence-electron chi connectivity index (χ0n) is 20.8. The quantitative estimate of drug-likeness (QED) is 0.131. The van der Waals surface area contributed by atoms with Gasteiger partial charge in [-0.05, 0) is 54.8 Å². The van der Waals surface area contributed by atoms with Crippen molar-refractivity contribution in [2.24, 2.45) is 0 Å². The van der Waals surface area contributed by atoms with Gasteiger partial charge in [-0.25, -0.2) is 9.59 Å². The number of esters is 2. The van der Waals surface area contributed by atoms with Gasteiger partial charge in [0.2, 0.25) is 0 Å². The lowest BCUT2D eigenvalue weighted by molar-refractivity contribution is -0.137. The van der Waals surface area contributed by atoms with Gasteiger partial charge < -0.3 is 9.47 Å². The Balaban J connectivity index is 1.83. The molecule has 0 radical (unpaired) electrons. The Morgan fingerprint density at radius 3 is 1.89 bits per heavy atom. The van der Waals surface area contributed by atoms with Gasteiger partial charge in [-0.2, -0.15) is 13.2 Å². The number of halogens is 3. The summed E-state index contributed by atoms with van der Waals surface area (Å²) in [6, 6.07) is 17.1. The molecule has 0 amide bonds. The maximum Gasteiger partial charge on any atom is 0.417 e. The summed E-state index contributed by atoms with van der Waals surface area (Å²) in [5, 5.41) is 0. The van der Waals surface area contributed by atoms with Crippen LogP contribution in [0.4, 0.5) is 13.2 Å². The average Bonchev–Trinajstić information content (AvgIpc) is 2.87. The molecule has 0 N–H and O–H groups in total. The maximum absolute atomic E-state index is 13.9. The van der Waals surface area contributed by atoms with Crippen LogP contribution in [0.25, 0.3) is 24.3 Å². The minimum Gasteiger partial charge on any atom is -0.423 e. The summed E-state index contributed by atoms with van der Waals surface area (Å²) in [7, 11) is 0. The minimum atomic E-state index is -4.59. The standard InChI is InChI=1S/C31H25F3O4/c1-20(2)29(35)37-26-17-12-22(13-18-26)9-10-23-11-14-24(27(19-23)31(32,33)34)15-16-25-7-5-6-8-28(25)38-30(36)21(3)4/h5-19H,1,3H2,2,4H3. The van der Waals surface area contributed by atoms with Crippen molar-refractivity contribution in [3.63, 3.8) is 0 Å². The second-order valence-electron chi connectivity index (χ2n) is 8.46. The van der Waals surface area contributed by atoms with Crippen molar-refractivity contribution < 1.29 is 32.2 Å². The van der Waals surface area contributed by atoms with E-state index in [1.807, 2.05) is 0 Å². The average molecular weight is 519 g/mol. The van der Waals surface area contributed by atoms with Crippen LogP contribution >= 0.6 is 0 Å².